The van der Waals surface area contributed by atoms with E-state index in [1.165, 1.54) is 0 Å². The average molecular weight is 399 g/mol. The highest BCUT2D eigenvalue weighted by molar-refractivity contribution is 9.10. The summed E-state index contributed by atoms with van der Waals surface area (Å²) < 4.78 is 78.2. The van der Waals surface area contributed by atoms with Crippen LogP contribution in [0.15, 0.2) is 17.4 Å². The van der Waals surface area contributed by atoms with Crippen molar-refractivity contribution in [3.63, 3.8) is 0 Å². The van der Waals surface area contributed by atoms with E-state index in [0.717, 1.165) is 24.2 Å². The van der Waals surface area contributed by atoms with Gasteiger partial charge in [-0.3, -0.25) is 0 Å². The van der Waals surface area contributed by atoms with E-state index in [-0.39, 0.29) is 16.7 Å². The standard InChI is InChI=1S/C10H9BrF6N2OS/c11-10(16,17)6(12)1-2-21-8-3-7(18-5-19-8)20-4-9(13,14)15/h3,5-6H,1-2,4H2. The predicted octanol–water partition coefficient (Wildman–Crippen LogP) is 4.23. The molecule has 1 atom stereocenters. The number of nitrogens with zero attached hydrogens (tertiary/aromatic N) is 2. The van der Waals surface area contributed by atoms with Gasteiger partial charge in [-0.05, 0) is 22.4 Å². The molecule has 0 aromatic carbocycles. The Balaban J connectivity index is 2.46. The predicted molar refractivity (Wildman–Crippen MR) is 67.7 cm³/mol. The number of rotatable bonds is 7. The fourth-order valence-electron chi connectivity index (χ4n) is 1.07. The quantitative estimate of drug-likeness (QED) is 0.298. The zero-order valence-electron chi connectivity index (χ0n) is 10.2. The maximum absolute atomic E-state index is 13.0. The van der Waals surface area contributed by atoms with E-state index in [1.807, 2.05) is 15.9 Å². The van der Waals surface area contributed by atoms with Crippen molar-refractivity contribution in [3.8, 4) is 5.88 Å². The van der Waals surface area contributed by atoms with Gasteiger partial charge in [-0.1, -0.05) is 0 Å². The summed E-state index contributed by atoms with van der Waals surface area (Å²) in [6.45, 7) is -1.50. The van der Waals surface area contributed by atoms with Gasteiger partial charge in [-0.15, -0.1) is 11.8 Å². The van der Waals surface area contributed by atoms with Crippen molar-refractivity contribution in [1.29, 1.82) is 0 Å². The largest absolute Gasteiger partial charge is 0.468 e. The van der Waals surface area contributed by atoms with Crippen molar-refractivity contribution in [2.45, 2.75) is 28.6 Å². The van der Waals surface area contributed by atoms with E-state index in [0.29, 0.717) is 0 Å². The first-order valence-electron chi connectivity index (χ1n) is 5.43. The van der Waals surface area contributed by atoms with Crippen LogP contribution in [0.2, 0.25) is 0 Å². The molecule has 0 radical (unpaired) electrons. The van der Waals surface area contributed by atoms with Crippen molar-refractivity contribution in [2.24, 2.45) is 0 Å². The monoisotopic (exact) mass is 398 g/mol. The van der Waals surface area contributed by atoms with Crippen LogP contribution in [0.1, 0.15) is 6.42 Å². The Morgan fingerprint density at radius 3 is 2.48 bits per heavy atom. The molecular weight excluding hydrogens is 390 g/mol. The van der Waals surface area contributed by atoms with Crippen LogP contribution in [-0.2, 0) is 0 Å². The first-order chi connectivity index (χ1) is 9.58. The molecule has 0 spiro atoms. The summed E-state index contributed by atoms with van der Waals surface area (Å²) in [7, 11) is 0. The lowest BCUT2D eigenvalue weighted by atomic mass is 10.3. The lowest BCUT2D eigenvalue weighted by molar-refractivity contribution is -0.154. The van der Waals surface area contributed by atoms with Gasteiger partial charge in [0, 0.05) is 11.8 Å². The average Bonchev–Trinajstić information content (AvgIpc) is 2.35. The lowest BCUT2D eigenvalue weighted by Crippen LogP contribution is -2.22. The molecule has 1 aromatic rings. The molecule has 0 amide bonds. The fourth-order valence-corrected chi connectivity index (χ4v) is 2.14. The van der Waals surface area contributed by atoms with E-state index >= 15 is 0 Å². The van der Waals surface area contributed by atoms with Gasteiger partial charge in [0.25, 0.3) is 0 Å². The minimum absolute atomic E-state index is 0.0297. The Morgan fingerprint density at radius 1 is 1.24 bits per heavy atom. The van der Waals surface area contributed by atoms with Crippen molar-refractivity contribution in [1.82, 2.24) is 9.97 Å². The van der Waals surface area contributed by atoms with Gasteiger partial charge in [0.15, 0.2) is 12.8 Å². The number of halogens is 7. The van der Waals surface area contributed by atoms with Gasteiger partial charge in [0.2, 0.25) is 5.88 Å². The number of hydrogen-bond acceptors (Lipinski definition) is 4. The fraction of sp³-hybridized carbons (Fsp3) is 0.600. The molecular formula is C10H9BrF6N2OS. The molecule has 0 aliphatic rings. The number of aromatic nitrogens is 2. The molecule has 120 valence electrons. The maximum atomic E-state index is 13.0. The zero-order valence-corrected chi connectivity index (χ0v) is 12.6. The van der Waals surface area contributed by atoms with Gasteiger partial charge >= 0.3 is 11.0 Å². The Morgan fingerprint density at radius 2 is 1.90 bits per heavy atom. The molecule has 21 heavy (non-hydrogen) atoms. The molecule has 0 fully saturated rings. The van der Waals surface area contributed by atoms with E-state index in [2.05, 4.69) is 14.7 Å². The summed E-state index contributed by atoms with van der Waals surface area (Å²) in [5.41, 5.74) is 0. The number of ether oxygens (including phenoxy) is 1. The first-order valence-corrected chi connectivity index (χ1v) is 7.21. The van der Waals surface area contributed by atoms with Crippen LogP contribution in [0.4, 0.5) is 26.3 Å². The van der Waals surface area contributed by atoms with Crippen LogP contribution >= 0.6 is 27.7 Å². The Kier molecular flexibility index (Phi) is 6.57. The summed E-state index contributed by atoms with van der Waals surface area (Å²) in [5, 5.41) is 0.201. The highest BCUT2D eigenvalue weighted by Crippen LogP contribution is 2.32. The zero-order chi connectivity index (χ0) is 16.1. The summed E-state index contributed by atoms with van der Waals surface area (Å²) in [5.74, 6) is -0.328. The number of alkyl halides is 7. The number of hydrogen-bond donors (Lipinski definition) is 0. The minimum atomic E-state index is -4.50. The molecule has 1 aromatic heterocycles. The van der Waals surface area contributed by atoms with Crippen LogP contribution in [0.25, 0.3) is 0 Å². The second kappa shape index (κ2) is 7.52. The van der Waals surface area contributed by atoms with Crippen molar-refractivity contribution >= 4 is 27.7 Å². The normalized spacial score (nSPS) is 14.0. The molecule has 1 rings (SSSR count). The molecule has 0 saturated carbocycles. The van der Waals surface area contributed by atoms with Crippen LogP contribution in [-0.4, -0.2) is 39.5 Å². The van der Waals surface area contributed by atoms with Gasteiger partial charge in [-0.25, -0.2) is 14.4 Å². The Bertz CT molecular complexity index is 456. The Labute approximate surface area is 128 Å². The van der Waals surface area contributed by atoms with E-state index < -0.39 is 30.2 Å². The lowest BCUT2D eigenvalue weighted by Gasteiger charge is -2.13. The van der Waals surface area contributed by atoms with Gasteiger partial charge in [0.05, 0.1) is 0 Å². The van der Waals surface area contributed by atoms with Gasteiger partial charge in [0.1, 0.15) is 11.4 Å². The molecule has 1 heterocycles. The summed E-state index contributed by atoms with van der Waals surface area (Å²) >= 11 is 2.82. The molecule has 0 bridgehead atoms. The maximum Gasteiger partial charge on any atom is 0.422 e. The molecule has 0 aliphatic carbocycles. The summed E-state index contributed by atoms with van der Waals surface area (Å²) in [4.78, 5) is 3.58. The molecule has 1 unspecified atom stereocenters. The van der Waals surface area contributed by atoms with Crippen molar-refractivity contribution < 1.29 is 31.1 Å². The SMILES string of the molecule is FC(CCSc1cc(OCC(F)(F)F)ncn1)C(F)(F)Br. The minimum Gasteiger partial charge on any atom is -0.468 e. The third kappa shape index (κ3) is 7.74. The first kappa shape index (κ1) is 18.3. The van der Waals surface area contributed by atoms with Crippen LogP contribution in [0.5, 0.6) is 5.88 Å². The second-order valence-corrected chi connectivity index (χ2v) is 5.92. The molecule has 0 saturated heterocycles. The van der Waals surface area contributed by atoms with Crippen molar-refractivity contribution in [3.05, 3.63) is 12.4 Å². The third-order valence-electron chi connectivity index (χ3n) is 1.98. The molecule has 0 N–H and O–H groups in total. The highest BCUT2D eigenvalue weighted by atomic mass is 79.9. The topological polar surface area (TPSA) is 35.0 Å². The number of thioether (sulfide) groups is 1. The highest BCUT2D eigenvalue weighted by Gasteiger charge is 2.36. The summed E-state index contributed by atoms with van der Waals surface area (Å²) in [6, 6.07) is 1.12. The van der Waals surface area contributed by atoms with E-state index in [9.17, 15) is 26.3 Å². The molecule has 3 nitrogen and oxygen atoms in total. The molecule has 0 aliphatic heterocycles. The molecule has 11 heteroatoms. The third-order valence-corrected chi connectivity index (χ3v) is 3.43. The second-order valence-electron chi connectivity index (χ2n) is 3.74. The van der Waals surface area contributed by atoms with Gasteiger partial charge < -0.3 is 4.74 Å². The van der Waals surface area contributed by atoms with Crippen LogP contribution in [0.3, 0.4) is 0 Å². The smallest absolute Gasteiger partial charge is 0.422 e. The van der Waals surface area contributed by atoms with Crippen LogP contribution < -0.4 is 4.74 Å². The van der Waals surface area contributed by atoms with Crippen molar-refractivity contribution in [2.75, 3.05) is 12.4 Å². The van der Waals surface area contributed by atoms with Gasteiger partial charge in [-0.2, -0.15) is 22.0 Å². The van der Waals surface area contributed by atoms with Crippen LogP contribution in [0, 0.1) is 0 Å². The van der Waals surface area contributed by atoms with E-state index in [1.54, 1.807) is 0 Å². The summed E-state index contributed by atoms with van der Waals surface area (Å²) in [6.07, 6.45) is -6.35. The Hall–Kier alpha value is -0.710. The van der Waals surface area contributed by atoms with E-state index in [4.69, 9.17) is 0 Å².